The number of nitrogens with zero attached hydrogens (tertiary/aromatic N) is 1. The lowest BCUT2D eigenvalue weighted by Gasteiger charge is -2.34. The molecule has 8 heteroatoms. The smallest absolute Gasteiger partial charge is 0.432 e. The molecule has 32 heavy (non-hydrogen) atoms. The predicted octanol–water partition coefficient (Wildman–Crippen LogP) is 4.53. The fourth-order valence-corrected chi connectivity index (χ4v) is 7.58. The molecule has 1 amide bonds. The number of benzene rings is 3. The molecule has 0 aromatic heterocycles. The molecule has 6 nitrogen and oxygen atoms in total. The number of esters is 1. The quantitative estimate of drug-likeness (QED) is 0.421. The first-order chi connectivity index (χ1) is 15.4. The van der Waals surface area contributed by atoms with Crippen molar-refractivity contribution >= 4 is 41.3 Å². The molecule has 3 aromatic carbocycles. The maximum atomic E-state index is 13.3. The Balaban J connectivity index is 2.41. The molecule has 2 atom stereocenters. The molecule has 0 saturated heterocycles. The van der Waals surface area contributed by atoms with Crippen LogP contribution >= 0.6 is 18.7 Å². The molecule has 3 rings (SSSR count). The summed E-state index contributed by atoms with van der Waals surface area (Å²) < 4.78 is 14.5. The van der Waals surface area contributed by atoms with E-state index in [1.165, 1.54) is 14.2 Å². The summed E-state index contributed by atoms with van der Waals surface area (Å²) in [5, 5.41) is 13.2. The Labute approximate surface area is 191 Å². The number of halogens is 1. The number of carbonyl (C=O) groups excluding carboxylic acids is 2. The summed E-state index contributed by atoms with van der Waals surface area (Å²) in [6, 6.07) is 24.5. The van der Waals surface area contributed by atoms with Gasteiger partial charge >= 0.3 is 12.1 Å². The number of rotatable bonds is 6. The molecular weight excluding hydrogens is 449 g/mol. The summed E-state index contributed by atoms with van der Waals surface area (Å²) in [5.74, 6) is -0.693. The van der Waals surface area contributed by atoms with Gasteiger partial charge < -0.3 is 14.6 Å². The molecule has 0 spiro atoms. The summed E-state index contributed by atoms with van der Waals surface area (Å²) in [7, 11) is -0.833. The molecule has 0 heterocycles. The number of hydrogen-bond donors (Lipinski definition) is 1. The van der Waals surface area contributed by atoms with Gasteiger partial charge in [-0.05, 0) is 28.3 Å². The average Bonchev–Trinajstić information content (AvgIpc) is 2.84. The fourth-order valence-electron chi connectivity index (χ4n) is 3.58. The van der Waals surface area contributed by atoms with Crippen LogP contribution in [0.4, 0.5) is 4.79 Å². The van der Waals surface area contributed by atoms with Crippen LogP contribution in [-0.2, 0) is 14.3 Å². The van der Waals surface area contributed by atoms with Crippen molar-refractivity contribution in [2.24, 2.45) is 4.74 Å². The number of aliphatic hydroxyl groups is 1. The third-order valence-electron chi connectivity index (χ3n) is 5.07. The third kappa shape index (κ3) is 4.78. The van der Waals surface area contributed by atoms with Gasteiger partial charge in [0.25, 0.3) is 0 Å². The van der Waals surface area contributed by atoms with Gasteiger partial charge in [0.05, 0.1) is 27.4 Å². The highest BCUT2D eigenvalue weighted by atomic mass is 35.5. The van der Waals surface area contributed by atoms with Crippen LogP contribution in [-0.4, -0.2) is 37.0 Å². The van der Waals surface area contributed by atoms with E-state index < -0.39 is 30.9 Å². The maximum Gasteiger partial charge on any atom is 0.432 e. The molecular formula is C24H23ClNO5P. The first-order valence-electron chi connectivity index (χ1n) is 9.76. The first kappa shape index (κ1) is 23.7. The van der Waals surface area contributed by atoms with E-state index in [2.05, 4.69) is 4.74 Å². The van der Waals surface area contributed by atoms with E-state index >= 15 is 0 Å². The Morgan fingerprint density at radius 2 is 1.34 bits per heavy atom. The molecule has 0 radical (unpaired) electrons. The summed E-state index contributed by atoms with van der Waals surface area (Å²) in [4.78, 5) is 25.8. The Morgan fingerprint density at radius 3 is 1.78 bits per heavy atom. The predicted molar refractivity (Wildman–Crippen MR) is 126 cm³/mol. The van der Waals surface area contributed by atoms with Gasteiger partial charge in [-0.15, -0.1) is 0 Å². The average molecular weight is 472 g/mol. The molecule has 1 N–H and O–H groups in total. The summed E-state index contributed by atoms with van der Waals surface area (Å²) in [6.45, 7) is 0. The second-order valence-electron chi connectivity index (χ2n) is 6.89. The van der Waals surface area contributed by atoms with Gasteiger partial charge in [0.1, 0.15) is 5.66 Å². The molecule has 3 aromatic rings. The lowest BCUT2D eigenvalue weighted by molar-refractivity contribution is -0.142. The molecule has 2 unspecified atom stereocenters. The van der Waals surface area contributed by atoms with Crippen molar-refractivity contribution in [2.75, 3.05) is 14.2 Å². The Hall–Kier alpha value is -2.92. The largest absolute Gasteiger partial charge is 0.468 e. The second kappa shape index (κ2) is 10.6. The number of ether oxygens (including phenoxy) is 2. The Morgan fingerprint density at radius 1 is 0.844 bits per heavy atom. The standard InChI is InChI=1S/C24H23ClNO5P/c1-30-23(28)22(21(27)17-13-15-18(25)16-14-17)32(26-24(29)31-2,19-9-5-3-6-10-19)20-11-7-4-8-12-20/h3-16,21-22,27H,1-2H3. The minimum absolute atomic E-state index is 0.445. The number of amides is 1. The van der Waals surface area contributed by atoms with Crippen LogP contribution in [0, 0.1) is 0 Å². The zero-order chi connectivity index (χ0) is 23.1. The van der Waals surface area contributed by atoms with E-state index in [0.29, 0.717) is 21.2 Å². The van der Waals surface area contributed by atoms with Crippen LogP contribution < -0.4 is 10.6 Å². The Kier molecular flexibility index (Phi) is 7.86. The zero-order valence-electron chi connectivity index (χ0n) is 17.6. The highest BCUT2D eigenvalue weighted by molar-refractivity contribution is 7.82. The second-order valence-corrected chi connectivity index (χ2v) is 10.5. The zero-order valence-corrected chi connectivity index (χ0v) is 19.2. The minimum atomic E-state index is -3.30. The molecule has 0 aliphatic heterocycles. The summed E-state index contributed by atoms with van der Waals surface area (Å²) in [6.07, 6.45) is -2.18. The van der Waals surface area contributed by atoms with Crippen LogP contribution in [0.1, 0.15) is 11.7 Å². The molecule has 0 fully saturated rings. The van der Waals surface area contributed by atoms with Gasteiger partial charge in [0, 0.05) is 5.02 Å². The summed E-state index contributed by atoms with van der Waals surface area (Å²) >= 11 is 6.01. The van der Waals surface area contributed by atoms with Crippen molar-refractivity contribution in [3.05, 3.63) is 95.5 Å². The number of methoxy groups -OCH3 is 2. The lowest BCUT2D eigenvalue weighted by atomic mass is 10.1. The highest BCUT2D eigenvalue weighted by Gasteiger charge is 2.46. The van der Waals surface area contributed by atoms with E-state index in [-0.39, 0.29) is 0 Å². The van der Waals surface area contributed by atoms with Crippen LogP contribution in [0.5, 0.6) is 0 Å². The maximum absolute atomic E-state index is 13.3. The van der Waals surface area contributed by atoms with Gasteiger partial charge in [-0.3, -0.25) is 4.79 Å². The van der Waals surface area contributed by atoms with Gasteiger partial charge in [-0.25, -0.2) is 4.79 Å². The van der Waals surface area contributed by atoms with E-state index in [0.717, 1.165) is 0 Å². The molecule has 0 saturated carbocycles. The van der Waals surface area contributed by atoms with Crippen molar-refractivity contribution in [3.8, 4) is 0 Å². The van der Waals surface area contributed by atoms with Crippen LogP contribution in [0.25, 0.3) is 0 Å². The van der Waals surface area contributed by atoms with Gasteiger partial charge in [0.2, 0.25) is 0 Å². The van der Waals surface area contributed by atoms with Crippen LogP contribution in [0.2, 0.25) is 5.02 Å². The van der Waals surface area contributed by atoms with Crippen molar-refractivity contribution in [1.29, 1.82) is 0 Å². The van der Waals surface area contributed by atoms with Crippen LogP contribution in [0.15, 0.2) is 89.7 Å². The van der Waals surface area contributed by atoms with Crippen molar-refractivity contribution in [3.63, 3.8) is 0 Å². The summed E-state index contributed by atoms with van der Waals surface area (Å²) in [5.41, 5.74) is -0.765. The van der Waals surface area contributed by atoms with Crippen LogP contribution in [0.3, 0.4) is 0 Å². The van der Waals surface area contributed by atoms with E-state index in [1.54, 1.807) is 72.8 Å². The third-order valence-corrected chi connectivity index (χ3v) is 9.27. The number of hydrogen-bond acceptors (Lipinski definition) is 5. The van der Waals surface area contributed by atoms with Crippen molar-refractivity contribution < 1.29 is 24.2 Å². The normalized spacial score (nSPS) is 13.0. The minimum Gasteiger partial charge on any atom is -0.468 e. The monoisotopic (exact) mass is 471 g/mol. The van der Waals surface area contributed by atoms with Gasteiger partial charge in [-0.2, -0.15) is 4.74 Å². The number of aliphatic hydroxyl groups excluding tert-OH is 1. The molecule has 166 valence electrons. The number of carbonyl (C=O) groups is 2. The van der Waals surface area contributed by atoms with Crippen molar-refractivity contribution in [2.45, 2.75) is 11.8 Å². The Bertz CT molecular complexity index is 1080. The van der Waals surface area contributed by atoms with Gasteiger partial charge in [0.15, 0.2) is 0 Å². The molecule has 0 aliphatic rings. The first-order valence-corrected chi connectivity index (χ1v) is 12.0. The van der Waals surface area contributed by atoms with E-state index in [4.69, 9.17) is 21.1 Å². The SMILES string of the molecule is COC(=O)N=P(c1ccccc1)(c1ccccc1)C(C(=O)OC)C(O)c1ccc(Cl)cc1. The lowest BCUT2D eigenvalue weighted by Crippen LogP contribution is -2.37. The topological polar surface area (TPSA) is 85.2 Å². The fraction of sp³-hybridized carbons (Fsp3) is 0.167. The van der Waals surface area contributed by atoms with Crippen molar-refractivity contribution in [1.82, 2.24) is 0 Å². The van der Waals surface area contributed by atoms with E-state index in [9.17, 15) is 14.7 Å². The highest BCUT2D eigenvalue weighted by Crippen LogP contribution is 2.56. The molecule has 0 aliphatic carbocycles. The van der Waals surface area contributed by atoms with Gasteiger partial charge in [-0.1, -0.05) is 84.4 Å². The molecule has 0 bridgehead atoms. The van der Waals surface area contributed by atoms with E-state index in [1.807, 2.05) is 12.1 Å².